The lowest BCUT2D eigenvalue weighted by Crippen LogP contribution is -2.41. The van der Waals surface area contributed by atoms with E-state index in [0.29, 0.717) is 48.8 Å². The molecule has 4 heterocycles. The molecule has 1 saturated heterocycles. The fraction of sp³-hybridized carbons (Fsp3) is 0.391. The molecule has 1 atom stereocenters. The summed E-state index contributed by atoms with van der Waals surface area (Å²) in [5.41, 5.74) is 2.95. The van der Waals surface area contributed by atoms with Gasteiger partial charge in [-0.15, -0.1) is 0 Å². The summed E-state index contributed by atoms with van der Waals surface area (Å²) in [5.74, 6) is 1.13. The van der Waals surface area contributed by atoms with Crippen molar-refractivity contribution >= 4 is 49.4 Å². The second kappa shape index (κ2) is 9.21. The van der Waals surface area contributed by atoms with Crippen LogP contribution in [0.15, 0.2) is 30.6 Å². The van der Waals surface area contributed by atoms with E-state index in [9.17, 15) is 8.42 Å². The van der Waals surface area contributed by atoms with Gasteiger partial charge in [0.25, 0.3) is 0 Å². The van der Waals surface area contributed by atoms with Crippen molar-refractivity contribution in [3.05, 3.63) is 47.1 Å². The number of H-pyrrole nitrogens is 1. The fourth-order valence-corrected chi connectivity index (χ4v) is 5.45. The Hall–Kier alpha value is -3.02. The number of rotatable bonds is 6. The van der Waals surface area contributed by atoms with Crippen molar-refractivity contribution in [2.75, 3.05) is 24.7 Å². The minimum atomic E-state index is -3.20. The number of aryl methyl sites for hydroxylation is 1. The first-order chi connectivity index (χ1) is 16.7. The number of piperidine rings is 1. The smallest absolute Gasteiger partial charge is 0.222 e. The molecule has 0 radical (unpaired) electrons. The molecule has 10 nitrogen and oxygen atoms in total. The summed E-state index contributed by atoms with van der Waals surface area (Å²) in [6, 6.07) is 7.90. The highest BCUT2D eigenvalue weighted by Gasteiger charge is 2.27. The van der Waals surface area contributed by atoms with Crippen LogP contribution >= 0.6 is 11.6 Å². The molecule has 0 aliphatic carbocycles. The number of halogens is 1. The summed E-state index contributed by atoms with van der Waals surface area (Å²) in [6.45, 7) is 4.90. The quantitative estimate of drug-likeness (QED) is 0.371. The van der Waals surface area contributed by atoms with Crippen LogP contribution in [0.3, 0.4) is 0 Å². The van der Waals surface area contributed by atoms with Crippen molar-refractivity contribution < 1.29 is 13.2 Å². The van der Waals surface area contributed by atoms with Gasteiger partial charge in [-0.3, -0.25) is 0 Å². The minimum Gasteiger partial charge on any atom is -0.474 e. The van der Waals surface area contributed by atoms with Crippen molar-refractivity contribution in [1.29, 1.82) is 0 Å². The topological polar surface area (TPSA) is 126 Å². The number of anilines is 1. The van der Waals surface area contributed by atoms with Gasteiger partial charge in [-0.2, -0.15) is 4.98 Å². The number of imidazole rings is 1. The van der Waals surface area contributed by atoms with Crippen LogP contribution in [0.5, 0.6) is 5.88 Å². The molecule has 0 saturated carbocycles. The van der Waals surface area contributed by atoms with Crippen molar-refractivity contribution in [3.8, 4) is 5.88 Å². The highest BCUT2D eigenvalue weighted by Crippen LogP contribution is 2.33. The fourth-order valence-electron chi connectivity index (χ4n) is 4.40. The number of hydrogen-bond acceptors (Lipinski definition) is 8. The van der Waals surface area contributed by atoms with Gasteiger partial charge in [0.05, 0.1) is 18.0 Å². The van der Waals surface area contributed by atoms with Crippen LogP contribution in [0.2, 0.25) is 5.28 Å². The highest BCUT2D eigenvalue weighted by molar-refractivity contribution is 7.88. The Balaban J connectivity index is 1.44. The van der Waals surface area contributed by atoms with Gasteiger partial charge in [0.1, 0.15) is 17.9 Å². The summed E-state index contributed by atoms with van der Waals surface area (Å²) in [6.07, 6.45) is 3.78. The number of hydrogen-bond donors (Lipinski definition) is 2. The molecule has 1 aromatic carbocycles. The third kappa shape index (κ3) is 4.89. The van der Waals surface area contributed by atoms with Gasteiger partial charge in [-0.25, -0.2) is 27.7 Å². The number of nitrogens with zero attached hydrogens (tertiary/aromatic N) is 5. The van der Waals surface area contributed by atoms with E-state index in [0.717, 1.165) is 22.0 Å². The van der Waals surface area contributed by atoms with Crippen LogP contribution in [-0.4, -0.2) is 63.1 Å². The van der Waals surface area contributed by atoms with Gasteiger partial charge in [0.15, 0.2) is 11.5 Å². The Labute approximate surface area is 208 Å². The predicted octanol–water partition coefficient (Wildman–Crippen LogP) is 3.84. The summed E-state index contributed by atoms with van der Waals surface area (Å²) in [5, 5.41) is 5.59. The molecule has 3 aromatic heterocycles. The third-order valence-electron chi connectivity index (χ3n) is 6.26. The molecule has 0 unspecified atom stereocenters. The van der Waals surface area contributed by atoms with E-state index in [4.69, 9.17) is 21.3 Å². The zero-order valence-corrected chi connectivity index (χ0v) is 21.2. The van der Waals surface area contributed by atoms with Crippen LogP contribution in [0.1, 0.15) is 37.1 Å². The maximum Gasteiger partial charge on any atom is 0.222 e. The van der Waals surface area contributed by atoms with E-state index < -0.39 is 10.0 Å². The molecular weight excluding hydrogens is 490 g/mol. The molecule has 184 valence electrons. The molecule has 12 heteroatoms. The van der Waals surface area contributed by atoms with Crippen molar-refractivity contribution in [2.24, 2.45) is 0 Å². The number of benzene rings is 1. The molecule has 2 N–H and O–H groups in total. The van der Waals surface area contributed by atoms with Crippen LogP contribution in [0.4, 0.5) is 5.82 Å². The van der Waals surface area contributed by atoms with Crippen LogP contribution in [-0.2, 0) is 10.0 Å². The Kier molecular flexibility index (Phi) is 6.24. The second-order valence-corrected chi connectivity index (χ2v) is 11.2. The van der Waals surface area contributed by atoms with E-state index >= 15 is 0 Å². The zero-order valence-electron chi connectivity index (χ0n) is 19.6. The maximum absolute atomic E-state index is 11.9. The van der Waals surface area contributed by atoms with Crippen LogP contribution < -0.4 is 10.1 Å². The van der Waals surface area contributed by atoms with Gasteiger partial charge >= 0.3 is 0 Å². The van der Waals surface area contributed by atoms with Gasteiger partial charge in [-0.1, -0.05) is 18.2 Å². The summed E-state index contributed by atoms with van der Waals surface area (Å²) < 4.78 is 31.6. The summed E-state index contributed by atoms with van der Waals surface area (Å²) >= 11 is 6.01. The predicted molar refractivity (Wildman–Crippen MR) is 135 cm³/mol. The van der Waals surface area contributed by atoms with E-state index in [1.165, 1.54) is 16.9 Å². The molecule has 4 aromatic rings. The van der Waals surface area contributed by atoms with E-state index in [2.05, 4.69) is 25.3 Å². The largest absolute Gasteiger partial charge is 0.474 e. The summed E-state index contributed by atoms with van der Waals surface area (Å²) in [7, 11) is -3.20. The summed E-state index contributed by atoms with van der Waals surface area (Å²) in [4.78, 5) is 20.5. The lowest BCUT2D eigenvalue weighted by Gasteiger charge is -2.30. The Morgan fingerprint density at radius 3 is 2.74 bits per heavy atom. The molecule has 0 bridgehead atoms. The lowest BCUT2D eigenvalue weighted by molar-refractivity contribution is 0.131. The number of aromatic amines is 1. The molecule has 35 heavy (non-hydrogen) atoms. The Bertz CT molecular complexity index is 1500. The number of ether oxygens (including phenoxy) is 1. The van der Waals surface area contributed by atoms with Crippen LogP contribution in [0, 0.1) is 6.92 Å². The van der Waals surface area contributed by atoms with Gasteiger partial charge in [0.2, 0.25) is 21.2 Å². The molecular formula is C23H26ClN7O3S. The zero-order chi connectivity index (χ0) is 24.7. The third-order valence-corrected chi connectivity index (χ3v) is 7.74. The van der Waals surface area contributed by atoms with Gasteiger partial charge in [0, 0.05) is 18.5 Å². The minimum absolute atomic E-state index is 0.115. The number of fused-ring (bicyclic) bond motifs is 2. The molecule has 1 aliphatic rings. The number of aromatic nitrogens is 5. The molecule has 5 rings (SSSR count). The first kappa shape index (κ1) is 23.7. The van der Waals surface area contributed by atoms with Gasteiger partial charge < -0.3 is 15.0 Å². The van der Waals surface area contributed by atoms with Gasteiger partial charge in [-0.05, 0) is 55.3 Å². The van der Waals surface area contributed by atoms with Crippen molar-refractivity contribution in [2.45, 2.75) is 38.8 Å². The lowest BCUT2D eigenvalue weighted by atomic mass is 10.0. The van der Waals surface area contributed by atoms with Crippen molar-refractivity contribution in [1.82, 2.24) is 29.2 Å². The monoisotopic (exact) mass is 515 g/mol. The number of pyridine rings is 1. The number of sulfonamides is 1. The molecule has 0 amide bonds. The number of nitrogens with one attached hydrogen (secondary N) is 2. The Morgan fingerprint density at radius 1 is 1.23 bits per heavy atom. The normalized spacial score (nSPS) is 16.6. The average molecular weight is 516 g/mol. The standard InChI is InChI=1S/C23H26ClN7O3S/c1-13-5-4-6-15-11-17(14(2)27-20-19-21(26-12-25-20)30-23(24)29-19)28-22(18(13)15)34-16-7-9-31(10-8-16)35(3,32)33/h4-6,11-12,14,16H,7-10H2,1-3H3,(H2,25,26,27,29,30)/t14-/m0/s1. The molecule has 0 spiro atoms. The first-order valence-electron chi connectivity index (χ1n) is 11.3. The Morgan fingerprint density at radius 2 is 2.00 bits per heavy atom. The maximum atomic E-state index is 11.9. The van der Waals surface area contributed by atoms with E-state index in [-0.39, 0.29) is 17.4 Å². The van der Waals surface area contributed by atoms with Crippen LogP contribution in [0.25, 0.3) is 21.9 Å². The first-order valence-corrected chi connectivity index (χ1v) is 13.6. The van der Waals surface area contributed by atoms with Crippen molar-refractivity contribution in [3.63, 3.8) is 0 Å². The van der Waals surface area contributed by atoms with E-state index in [1.54, 1.807) is 0 Å². The van der Waals surface area contributed by atoms with E-state index in [1.807, 2.05) is 38.1 Å². The SMILES string of the molecule is Cc1cccc2cc([C@H](C)Nc3ncnc4nc(Cl)[nH]c34)nc(OC3CCN(S(C)(=O)=O)CC3)c12. The second-order valence-electron chi connectivity index (χ2n) is 8.82. The molecule has 1 aliphatic heterocycles. The molecule has 1 fully saturated rings. The average Bonchev–Trinajstić information content (AvgIpc) is 3.20. The highest BCUT2D eigenvalue weighted by atomic mass is 35.5.